The van der Waals surface area contributed by atoms with E-state index < -0.39 is 0 Å². The second-order valence-electron chi connectivity index (χ2n) is 5.95. The molecule has 3 aliphatic heterocycles. The molecule has 1 fully saturated rings. The number of benzene rings is 1. The molecule has 0 aromatic heterocycles. The van der Waals surface area contributed by atoms with Crippen LogP contribution >= 0.6 is 11.8 Å². The average molecular weight is 274 g/mol. The molecule has 3 heteroatoms. The quantitative estimate of drug-likeness (QED) is 0.847. The van der Waals surface area contributed by atoms with E-state index in [2.05, 4.69) is 41.0 Å². The van der Waals surface area contributed by atoms with Crippen molar-refractivity contribution in [1.82, 2.24) is 5.32 Å². The molecule has 0 saturated carbocycles. The van der Waals surface area contributed by atoms with Crippen LogP contribution in [0.2, 0.25) is 0 Å². The van der Waals surface area contributed by atoms with Crippen molar-refractivity contribution in [3.8, 4) is 0 Å². The summed E-state index contributed by atoms with van der Waals surface area (Å²) in [7, 11) is 0. The van der Waals surface area contributed by atoms with E-state index >= 15 is 0 Å². The van der Waals surface area contributed by atoms with Crippen LogP contribution in [0.1, 0.15) is 36.8 Å². The minimum atomic E-state index is 0.729. The van der Waals surface area contributed by atoms with Crippen LogP contribution in [0.25, 0.3) is 0 Å². The highest BCUT2D eigenvalue weighted by atomic mass is 32.2. The Kier molecular flexibility index (Phi) is 3.00. The van der Waals surface area contributed by atoms with Gasteiger partial charge in [-0.15, -0.1) is 11.8 Å². The van der Waals surface area contributed by atoms with Gasteiger partial charge < -0.3 is 10.2 Å². The summed E-state index contributed by atoms with van der Waals surface area (Å²) in [4.78, 5) is 4.30. The molecule has 0 radical (unpaired) electrons. The van der Waals surface area contributed by atoms with Crippen molar-refractivity contribution in [1.29, 1.82) is 0 Å². The third-order valence-electron chi connectivity index (χ3n) is 4.91. The van der Waals surface area contributed by atoms with E-state index in [0.717, 1.165) is 18.4 Å². The Morgan fingerprint density at radius 3 is 3.26 bits per heavy atom. The maximum atomic E-state index is 3.60. The fraction of sp³-hybridized carbons (Fsp3) is 0.625. The molecule has 2 atom stereocenters. The molecule has 102 valence electrons. The first-order chi connectivity index (χ1) is 9.38. The summed E-state index contributed by atoms with van der Waals surface area (Å²) in [6.07, 6.45) is 3.80. The molecule has 0 spiro atoms. The fourth-order valence-corrected chi connectivity index (χ4v) is 5.09. The first kappa shape index (κ1) is 12.1. The molecule has 1 saturated heterocycles. The summed E-state index contributed by atoms with van der Waals surface area (Å²) in [5, 5.41) is 3.60. The lowest BCUT2D eigenvalue weighted by atomic mass is 9.89. The Labute approximate surface area is 119 Å². The van der Waals surface area contributed by atoms with Gasteiger partial charge in [-0.3, -0.25) is 0 Å². The Morgan fingerprint density at radius 2 is 2.37 bits per heavy atom. The number of anilines is 1. The Morgan fingerprint density at radius 1 is 1.42 bits per heavy atom. The molecule has 1 N–H and O–H groups in total. The van der Waals surface area contributed by atoms with Crippen LogP contribution in [-0.4, -0.2) is 31.4 Å². The standard InChI is InChI=1S/C16H22N2S/c1-2-11-8-12-13-10-17-5-4-14(13)18-6-3-7-19-15(9-11)16(12)18/h8-9,13-14,17H,2-7,10H2,1H3/t13-,14-/m1/s1. The van der Waals surface area contributed by atoms with Gasteiger partial charge in [0.05, 0.1) is 5.69 Å². The van der Waals surface area contributed by atoms with Crippen LogP contribution in [0.3, 0.4) is 0 Å². The highest BCUT2D eigenvalue weighted by Gasteiger charge is 2.41. The van der Waals surface area contributed by atoms with E-state index in [4.69, 9.17) is 0 Å². The van der Waals surface area contributed by atoms with E-state index in [1.165, 1.54) is 43.8 Å². The van der Waals surface area contributed by atoms with Gasteiger partial charge in [-0.1, -0.05) is 13.0 Å². The third kappa shape index (κ3) is 1.82. The van der Waals surface area contributed by atoms with Crippen molar-refractivity contribution in [3.63, 3.8) is 0 Å². The molecule has 1 aromatic rings. The van der Waals surface area contributed by atoms with Gasteiger partial charge in [0.1, 0.15) is 0 Å². The van der Waals surface area contributed by atoms with Gasteiger partial charge in [0.25, 0.3) is 0 Å². The average Bonchev–Trinajstić information content (AvgIpc) is 2.63. The Bertz CT molecular complexity index is 500. The maximum absolute atomic E-state index is 3.60. The fourth-order valence-electron chi connectivity index (χ4n) is 3.99. The van der Waals surface area contributed by atoms with Gasteiger partial charge in [-0.25, -0.2) is 0 Å². The topological polar surface area (TPSA) is 15.3 Å². The Hall–Kier alpha value is -0.670. The molecule has 0 bridgehead atoms. The highest BCUT2D eigenvalue weighted by Crippen LogP contribution is 2.49. The number of nitrogens with zero attached hydrogens (tertiary/aromatic N) is 1. The molecule has 0 unspecified atom stereocenters. The van der Waals surface area contributed by atoms with Crippen LogP contribution < -0.4 is 10.2 Å². The maximum Gasteiger partial charge on any atom is 0.0543 e. The van der Waals surface area contributed by atoms with Gasteiger partial charge in [-0.05, 0) is 48.8 Å². The number of piperidine rings is 1. The van der Waals surface area contributed by atoms with Crippen LogP contribution in [0, 0.1) is 0 Å². The second kappa shape index (κ2) is 4.71. The van der Waals surface area contributed by atoms with Gasteiger partial charge in [0.2, 0.25) is 0 Å². The number of thioether (sulfide) groups is 1. The lowest BCUT2D eigenvalue weighted by Gasteiger charge is -2.33. The summed E-state index contributed by atoms with van der Waals surface area (Å²) in [6.45, 7) is 5.90. The number of rotatable bonds is 1. The highest BCUT2D eigenvalue weighted by molar-refractivity contribution is 7.99. The lowest BCUT2D eigenvalue weighted by molar-refractivity contribution is 0.403. The first-order valence-electron chi connectivity index (χ1n) is 7.65. The van der Waals surface area contributed by atoms with E-state index in [0.29, 0.717) is 0 Å². The zero-order valence-electron chi connectivity index (χ0n) is 11.6. The van der Waals surface area contributed by atoms with Crippen LogP contribution in [0.5, 0.6) is 0 Å². The molecule has 2 nitrogen and oxygen atoms in total. The number of hydrogen-bond donors (Lipinski definition) is 1. The van der Waals surface area contributed by atoms with Crippen molar-refractivity contribution < 1.29 is 0 Å². The zero-order chi connectivity index (χ0) is 12.8. The summed E-state index contributed by atoms with van der Waals surface area (Å²) < 4.78 is 0. The SMILES string of the molecule is CCc1cc2c3c(c1)[C@H]1CNCC[C@H]1N3CCCS2. The molecule has 0 amide bonds. The van der Waals surface area contributed by atoms with E-state index in [1.54, 1.807) is 16.1 Å². The molecule has 0 aliphatic carbocycles. The largest absolute Gasteiger partial charge is 0.367 e. The van der Waals surface area contributed by atoms with Crippen molar-refractivity contribution in [2.75, 3.05) is 30.3 Å². The second-order valence-corrected chi connectivity index (χ2v) is 7.08. The van der Waals surface area contributed by atoms with Crippen LogP contribution in [0.15, 0.2) is 17.0 Å². The number of aryl methyl sites for hydroxylation is 1. The number of nitrogens with one attached hydrogen (secondary N) is 1. The monoisotopic (exact) mass is 274 g/mol. The molecular formula is C16H22N2S. The number of hydrogen-bond acceptors (Lipinski definition) is 3. The van der Waals surface area contributed by atoms with Crippen LogP contribution in [0.4, 0.5) is 5.69 Å². The summed E-state index contributed by atoms with van der Waals surface area (Å²) in [5.41, 5.74) is 4.76. The number of fused-ring (bicyclic) bond motifs is 3. The summed E-state index contributed by atoms with van der Waals surface area (Å²) >= 11 is 2.08. The molecular weight excluding hydrogens is 252 g/mol. The molecule has 3 heterocycles. The van der Waals surface area contributed by atoms with Gasteiger partial charge >= 0.3 is 0 Å². The van der Waals surface area contributed by atoms with Crippen molar-refractivity contribution in [2.45, 2.75) is 43.0 Å². The minimum absolute atomic E-state index is 0.729. The van der Waals surface area contributed by atoms with E-state index in [9.17, 15) is 0 Å². The Balaban J connectivity index is 1.88. The van der Waals surface area contributed by atoms with Gasteiger partial charge in [-0.2, -0.15) is 0 Å². The van der Waals surface area contributed by atoms with Crippen LogP contribution in [-0.2, 0) is 6.42 Å². The smallest absolute Gasteiger partial charge is 0.0543 e. The summed E-state index contributed by atoms with van der Waals surface area (Å²) in [6, 6.07) is 5.71. The zero-order valence-corrected chi connectivity index (χ0v) is 12.4. The molecule has 19 heavy (non-hydrogen) atoms. The minimum Gasteiger partial charge on any atom is -0.367 e. The normalized spacial score (nSPS) is 28.8. The van der Waals surface area contributed by atoms with Crippen molar-refractivity contribution in [2.24, 2.45) is 0 Å². The molecule has 4 rings (SSSR count). The van der Waals surface area contributed by atoms with Gasteiger partial charge in [0, 0.05) is 29.9 Å². The van der Waals surface area contributed by atoms with Crippen molar-refractivity contribution >= 4 is 17.4 Å². The lowest BCUT2D eigenvalue weighted by Crippen LogP contribution is -2.44. The molecule has 1 aromatic carbocycles. The molecule has 3 aliphatic rings. The van der Waals surface area contributed by atoms with E-state index in [1.807, 2.05) is 0 Å². The third-order valence-corrected chi connectivity index (χ3v) is 6.02. The van der Waals surface area contributed by atoms with Crippen molar-refractivity contribution in [3.05, 3.63) is 23.3 Å². The van der Waals surface area contributed by atoms with E-state index in [-0.39, 0.29) is 0 Å². The summed E-state index contributed by atoms with van der Waals surface area (Å²) in [5.74, 6) is 2.01. The predicted octanol–water partition coefficient (Wildman–Crippen LogP) is 3.01. The van der Waals surface area contributed by atoms with Gasteiger partial charge in [0.15, 0.2) is 0 Å². The predicted molar refractivity (Wildman–Crippen MR) is 82.5 cm³/mol. The first-order valence-corrected chi connectivity index (χ1v) is 8.64.